The zero-order valence-corrected chi connectivity index (χ0v) is 9.88. The molecule has 0 aromatic heterocycles. The molecule has 0 heterocycles. The van der Waals surface area contributed by atoms with Gasteiger partial charge >= 0.3 is 0 Å². The molecule has 86 valence electrons. The van der Waals surface area contributed by atoms with Gasteiger partial charge in [0.05, 0.1) is 4.90 Å². The summed E-state index contributed by atoms with van der Waals surface area (Å²) >= 11 is 0. The highest BCUT2D eigenvalue weighted by Crippen LogP contribution is 2.20. The maximum Gasteiger partial charge on any atom is 0.261 e. The molecule has 1 aromatic carbocycles. The highest BCUT2D eigenvalue weighted by Gasteiger charge is 2.23. The van der Waals surface area contributed by atoms with Gasteiger partial charge in [-0.25, -0.2) is 8.42 Å². The number of hydrogen-bond donors (Lipinski definition) is 1. The molecule has 0 radical (unpaired) electrons. The summed E-state index contributed by atoms with van der Waals surface area (Å²) in [4.78, 5) is 11.6. The van der Waals surface area contributed by atoms with Crippen LogP contribution in [0.2, 0.25) is 0 Å². The van der Waals surface area contributed by atoms with Crippen LogP contribution in [0.5, 0.6) is 0 Å². The summed E-state index contributed by atoms with van der Waals surface area (Å²) in [5.74, 6) is -0.180. The van der Waals surface area contributed by atoms with Gasteiger partial charge in [0.1, 0.15) is 0 Å². The van der Waals surface area contributed by atoms with Crippen molar-refractivity contribution >= 4 is 25.6 Å². The Labute approximate surface area is 98.0 Å². The molecule has 16 heavy (non-hydrogen) atoms. The summed E-state index contributed by atoms with van der Waals surface area (Å²) in [6, 6.07) is 5.83. The monoisotopic (exact) mass is 259 g/mol. The Morgan fingerprint density at radius 1 is 1.25 bits per heavy atom. The summed E-state index contributed by atoms with van der Waals surface area (Å²) in [6.45, 7) is 0. The van der Waals surface area contributed by atoms with Crippen molar-refractivity contribution in [1.29, 1.82) is 0 Å². The number of carbonyl (C=O) groups excluding carboxylic acids is 1. The lowest BCUT2D eigenvalue weighted by atomic mass is 10.2. The average Bonchev–Trinajstić information content (AvgIpc) is 3.00. The van der Waals surface area contributed by atoms with Crippen molar-refractivity contribution in [2.45, 2.75) is 23.8 Å². The van der Waals surface area contributed by atoms with E-state index in [1.54, 1.807) is 0 Å². The van der Waals surface area contributed by atoms with Crippen molar-refractivity contribution in [3.63, 3.8) is 0 Å². The lowest BCUT2D eigenvalue weighted by Gasteiger charge is -2.03. The van der Waals surface area contributed by atoms with Crippen LogP contribution < -0.4 is 5.32 Å². The fourth-order valence-electron chi connectivity index (χ4n) is 1.27. The van der Waals surface area contributed by atoms with Crippen LogP contribution in [0.4, 0.5) is 0 Å². The van der Waals surface area contributed by atoms with Crippen LogP contribution in [-0.4, -0.2) is 20.4 Å². The Hall–Kier alpha value is -1.07. The standard InChI is InChI=1S/C10H10ClNO3S/c11-16(14,15)9-5-1-7(2-6-9)10(13)12-8-3-4-8/h1-2,5-6,8H,3-4H2,(H,12,13). The van der Waals surface area contributed by atoms with Crippen LogP contribution in [0.15, 0.2) is 29.2 Å². The van der Waals surface area contributed by atoms with Gasteiger partial charge < -0.3 is 5.32 Å². The number of carbonyl (C=O) groups is 1. The first-order valence-electron chi connectivity index (χ1n) is 4.82. The quantitative estimate of drug-likeness (QED) is 0.837. The van der Waals surface area contributed by atoms with E-state index in [4.69, 9.17) is 10.7 Å². The van der Waals surface area contributed by atoms with Gasteiger partial charge in [0.2, 0.25) is 0 Å². The summed E-state index contributed by atoms with van der Waals surface area (Å²) in [5.41, 5.74) is 0.441. The van der Waals surface area contributed by atoms with Gasteiger partial charge in [0.25, 0.3) is 15.0 Å². The summed E-state index contributed by atoms with van der Waals surface area (Å²) in [6.07, 6.45) is 2.03. The number of rotatable bonds is 3. The van der Waals surface area contributed by atoms with E-state index in [1.807, 2.05) is 0 Å². The molecule has 0 unspecified atom stereocenters. The third-order valence-electron chi connectivity index (χ3n) is 2.31. The number of benzene rings is 1. The van der Waals surface area contributed by atoms with Crippen molar-refractivity contribution in [2.75, 3.05) is 0 Å². The van der Waals surface area contributed by atoms with Crippen molar-refractivity contribution in [2.24, 2.45) is 0 Å². The fourth-order valence-corrected chi connectivity index (χ4v) is 2.04. The van der Waals surface area contributed by atoms with Crippen LogP contribution in [0.25, 0.3) is 0 Å². The first-order valence-corrected chi connectivity index (χ1v) is 7.13. The largest absolute Gasteiger partial charge is 0.349 e. The van der Waals surface area contributed by atoms with E-state index in [-0.39, 0.29) is 16.8 Å². The number of halogens is 1. The SMILES string of the molecule is O=C(NC1CC1)c1ccc(S(=O)(=O)Cl)cc1. The zero-order valence-electron chi connectivity index (χ0n) is 8.31. The summed E-state index contributed by atoms with van der Waals surface area (Å²) in [5, 5.41) is 2.81. The molecule has 2 rings (SSSR count). The Balaban J connectivity index is 2.15. The van der Waals surface area contributed by atoms with Gasteiger partial charge in [-0.2, -0.15) is 0 Å². The molecule has 1 N–H and O–H groups in total. The second-order valence-electron chi connectivity index (χ2n) is 3.71. The first kappa shape index (κ1) is 11.4. The van der Waals surface area contributed by atoms with Crippen molar-refractivity contribution in [3.8, 4) is 0 Å². The summed E-state index contributed by atoms with van der Waals surface area (Å²) in [7, 11) is 1.44. The van der Waals surface area contributed by atoms with Crippen molar-refractivity contribution in [1.82, 2.24) is 5.32 Å². The molecule has 0 spiro atoms. The molecule has 0 saturated heterocycles. The predicted octanol–water partition coefficient (Wildman–Crippen LogP) is 1.51. The van der Waals surface area contributed by atoms with Gasteiger partial charge in [-0.1, -0.05) is 0 Å². The Morgan fingerprint density at radius 2 is 1.81 bits per heavy atom. The molecule has 1 saturated carbocycles. The van der Waals surface area contributed by atoms with E-state index in [0.29, 0.717) is 5.56 Å². The molecule has 0 aliphatic heterocycles. The van der Waals surface area contributed by atoms with Crippen molar-refractivity contribution in [3.05, 3.63) is 29.8 Å². The average molecular weight is 260 g/mol. The first-order chi connectivity index (χ1) is 7.47. The van der Waals surface area contributed by atoms with Gasteiger partial charge in [0, 0.05) is 22.3 Å². The Morgan fingerprint density at radius 3 is 2.25 bits per heavy atom. The van der Waals surface area contributed by atoms with Crippen LogP contribution >= 0.6 is 10.7 Å². The molecule has 1 amide bonds. The second kappa shape index (κ2) is 4.07. The molecule has 0 atom stereocenters. The van der Waals surface area contributed by atoms with E-state index < -0.39 is 9.05 Å². The minimum absolute atomic E-state index is 0.00265. The number of nitrogens with one attached hydrogen (secondary N) is 1. The highest BCUT2D eigenvalue weighted by molar-refractivity contribution is 8.13. The number of amides is 1. The van der Waals surface area contributed by atoms with E-state index in [9.17, 15) is 13.2 Å². The van der Waals surface area contributed by atoms with Gasteiger partial charge in [-0.15, -0.1) is 0 Å². The maximum atomic E-state index is 11.6. The molecule has 1 aliphatic rings. The van der Waals surface area contributed by atoms with Gasteiger partial charge in [-0.05, 0) is 37.1 Å². The zero-order chi connectivity index (χ0) is 11.8. The normalized spacial score (nSPS) is 15.8. The van der Waals surface area contributed by atoms with Crippen LogP contribution in [0.3, 0.4) is 0 Å². The molecule has 1 aliphatic carbocycles. The van der Waals surface area contributed by atoms with Crippen LogP contribution in [0.1, 0.15) is 23.2 Å². The van der Waals surface area contributed by atoms with Gasteiger partial charge in [0.15, 0.2) is 0 Å². The molecule has 6 heteroatoms. The Kier molecular flexibility index (Phi) is 2.90. The lowest BCUT2D eigenvalue weighted by molar-refractivity contribution is 0.0951. The topological polar surface area (TPSA) is 63.2 Å². The minimum Gasteiger partial charge on any atom is -0.349 e. The van der Waals surface area contributed by atoms with Gasteiger partial charge in [-0.3, -0.25) is 4.79 Å². The smallest absolute Gasteiger partial charge is 0.261 e. The van der Waals surface area contributed by atoms with Crippen LogP contribution in [0, 0.1) is 0 Å². The van der Waals surface area contributed by atoms with E-state index >= 15 is 0 Å². The van der Waals surface area contributed by atoms with E-state index in [2.05, 4.69) is 5.32 Å². The fraction of sp³-hybridized carbons (Fsp3) is 0.300. The highest BCUT2D eigenvalue weighted by atomic mass is 35.7. The predicted molar refractivity (Wildman–Crippen MR) is 60.0 cm³/mol. The van der Waals surface area contributed by atoms with Crippen LogP contribution in [-0.2, 0) is 9.05 Å². The molecule has 1 fully saturated rings. The van der Waals surface area contributed by atoms with Crippen molar-refractivity contribution < 1.29 is 13.2 Å². The third kappa shape index (κ3) is 2.74. The lowest BCUT2D eigenvalue weighted by Crippen LogP contribution is -2.25. The molecular formula is C10H10ClNO3S. The third-order valence-corrected chi connectivity index (χ3v) is 3.68. The Bertz CT molecular complexity index is 505. The molecule has 4 nitrogen and oxygen atoms in total. The van der Waals surface area contributed by atoms with E-state index in [0.717, 1.165) is 12.8 Å². The molecule has 1 aromatic rings. The number of hydrogen-bond acceptors (Lipinski definition) is 3. The van der Waals surface area contributed by atoms with E-state index in [1.165, 1.54) is 24.3 Å². The second-order valence-corrected chi connectivity index (χ2v) is 6.28. The maximum absolute atomic E-state index is 11.6. The molecular weight excluding hydrogens is 250 g/mol. The minimum atomic E-state index is -3.72. The molecule has 0 bridgehead atoms. The summed E-state index contributed by atoms with van der Waals surface area (Å²) < 4.78 is 21.9.